The minimum Gasteiger partial charge on any atom is -0.756 e. The number of likely N-dealkylation sites (N-methyl/N-ethyl adjacent to an activating group) is 2. The molecular formula is C29H61N2O7P. The number of rotatable bonds is 25. The molecule has 2 atom stereocenters. The molecule has 0 amide bonds. The quantitative estimate of drug-likeness (QED) is 0.0625. The summed E-state index contributed by atoms with van der Waals surface area (Å²) in [5.74, 6) is -0.256. The van der Waals surface area contributed by atoms with Gasteiger partial charge in [0.15, 0.2) is 0 Å². The number of unbranched alkanes of at least 4 members (excludes halogenated alkanes) is 14. The van der Waals surface area contributed by atoms with Crippen molar-refractivity contribution in [3.63, 3.8) is 0 Å². The molecule has 0 spiro atoms. The maximum atomic E-state index is 11.4. The van der Waals surface area contributed by atoms with E-state index in [4.69, 9.17) is 4.52 Å². The fourth-order valence-corrected chi connectivity index (χ4v) is 4.50. The van der Waals surface area contributed by atoms with Gasteiger partial charge >= 0.3 is 5.97 Å². The monoisotopic (exact) mass is 580 g/mol. The Morgan fingerprint density at radius 1 is 0.821 bits per heavy atom. The summed E-state index contributed by atoms with van der Waals surface area (Å²) in [7, 11) is 4.04. The van der Waals surface area contributed by atoms with Crippen LogP contribution in [-0.4, -0.2) is 77.3 Å². The molecule has 0 bridgehead atoms. The van der Waals surface area contributed by atoms with E-state index in [0.29, 0.717) is 16.8 Å². The van der Waals surface area contributed by atoms with Gasteiger partial charge < -0.3 is 33.3 Å². The van der Waals surface area contributed by atoms with E-state index in [1.54, 1.807) is 6.92 Å². The van der Waals surface area contributed by atoms with Crippen LogP contribution in [0.25, 0.3) is 0 Å². The number of quaternary nitrogens is 1. The largest absolute Gasteiger partial charge is 0.756 e. The summed E-state index contributed by atoms with van der Waals surface area (Å²) in [6.45, 7) is 4.15. The molecule has 10 heteroatoms. The average molecular weight is 581 g/mol. The topological polar surface area (TPSA) is 114 Å². The number of phosphoric ester groups is 1. The first kappa shape index (κ1) is 40.3. The molecule has 0 saturated carbocycles. The Morgan fingerprint density at radius 2 is 1.26 bits per heavy atom. The van der Waals surface area contributed by atoms with Gasteiger partial charge in [-0.3, -0.25) is 9.36 Å². The van der Waals surface area contributed by atoms with Crippen molar-refractivity contribution in [3.05, 3.63) is 0 Å². The van der Waals surface area contributed by atoms with Gasteiger partial charge in [0.25, 0.3) is 7.82 Å². The van der Waals surface area contributed by atoms with E-state index in [1.807, 2.05) is 21.1 Å². The molecule has 0 fully saturated rings. The van der Waals surface area contributed by atoms with Gasteiger partial charge in [-0.1, -0.05) is 96.8 Å². The normalized spacial score (nSPS) is 13.7. The lowest BCUT2D eigenvalue weighted by Crippen LogP contribution is -2.39. The van der Waals surface area contributed by atoms with Crippen LogP contribution in [0.2, 0.25) is 0 Å². The molecule has 0 aliphatic carbocycles. The van der Waals surface area contributed by atoms with E-state index in [-0.39, 0.29) is 13.2 Å². The van der Waals surface area contributed by atoms with E-state index in [0.717, 1.165) is 12.8 Å². The number of hydrogen-bond acceptors (Lipinski definition) is 8. The van der Waals surface area contributed by atoms with Crippen LogP contribution < -0.4 is 10.2 Å². The van der Waals surface area contributed by atoms with E-state index < -0.39 is 19.8 Å². The first-order valence-electron chi connectivity index (χ1n) is 15.0. The molecule has 0 aliphatic heterocycles. The Bertz CT molecular complexity index is 642. The number of esters is 1. The summed E-state index contributed by atoms with van der Waals surface area (Å²) in [6.07, 6.45) is 21.6. The van der Waals surface area contributed by atoms with Gasteiger partial charge in [0.1, 0.15) is 25.0 Å². The number of methoxy groups -OCH3 is 1. The molecule has 0 aliphatic rings. The molecule has 0 saturated heterocycles. The lowest BCUT2D eigenvalue weighted by Gasteiger charge is -2.28. The maximum absolute atomic E-state index is 11.4. The third-order valence-electron chi connectivity index (χ3n) is 6.38. The molecule has 0 radical (unpaired) electrons. The van der Waals surface area contributed by atoms with Crippen molar-refractivity contribution in [2.75, 3.05) is 55.1 Å². The number of ketones is 1. The van der Waals surface area contributed by atoms with Crippen molar-refractivity contribution in [2.24, 2.45) is 0 Å². The summed E-state index contributed by atoms with van der Waals surface area (Å²) < 4.78 is 25.8. The Morgan fingerprint density at radius 3 is 1.62 bits per heavy atom. The zero-order valence-electron chi connectivity index (χ0n) is 26.3. The third-order valence-corrected chi connectivity index (χ3v) is 7.34. The number of hydrogen-bond donors (Lipinski definition) is 1. The van der Waals surface area contributed by atoms with E-state index in [9.17, 15) is 19.0 Å². The Labute approximate surface area is 239 Å². The highest BCUT2D eigenvalue weighted by molar-refractivity contribution is 7.45. The van der Waals surface area contributed by atoms with E-state index >= 15 is 0 Å². The number of nitrogens with one attached hydrogen (secondary N) is 1. The van der Waals surface area contributed by atoms with Gasteiger partial charge in [-0.25, -0.2) is 0 Å². The van der Waals surface area contributed by atoms with Gasteiger partial charge in [0, 0.05) is 6.42 Å². The average Bonchev–Trinajstić information content (AvgIpc) is 2.85. The summed E-state index contributed by atoms with van der Waals surface area (Å²) in [4.78, 5) is 33.4. The number of carbonyl (C=O) groups is 2. The number of phosphoric acid groups is 1. The summed E-state index contributed by atoms with van der Waals surface area (Å²) >= 11 is 0. The summed E-state index contributed by atoms with van der Waals surface area (Å²) in [5.41, 5.74) is 0. The van der Waals surface area contributed by atoms with E-state index in [1.165, 1.54) is 104 Å². The minimum atomic E-state index is -4.40. The first-order chi connectivity index (χ1) is 18.4. The number of ether oxygens (including phenoxy) is 1. The fourth-order valence-electron chi connectivity index (χ4n) is 3.79. The molecule has 0 aromatic rings. The minimum absolute atomic E-state index is 0.0206. The maximum Gasteiger partial charge on any atom is 0.325 e. The summed E-state index contributed by atoms with van der Waals surface area (Å²) in [5, 5.41) is 2.59. The van der Waals surface area contributed by atoms with Crippen LogP contribution in [-0.2, 0) is 27.9 Å². The molecule has 0 heterocycles. The van der Waals surface area contributed by atoms with Crippen molar-refractivity contribution in [1.82, 2.24) is 5.32 Å². The van der Waals surface area contributed by atoms with Gasteiger partial charge in [-0.15, -0.1) is 0 Å². The molecule has 0 aromatic carbocycles. The van der Waals surface area contributed by atoms with Crippen molar-refractivity contribution in [3.8, 4) is 0 Å². The van der Waals surface area contributed by atoms with Crippen molar-refractivity contribution < 1.29 is 37.3 Å². The molecule has 0 aromatic heterocycles. The zero-order chi connectivity index (χ0) is 30.0. The highest BCUT2D eigenvalue weighted by Crippen LogP contribution is 2.38. The van der Waals surface area contributed by atoms with Crippen molar-refractivity contribution >= 4 is 19.6 Å². The predicted octanol–water partition coefficient (Wildman–Crippen LogP) is 5.79. The lowest BCUT2D eigenvalue weighted by atomic mass is 10.0. The van der Waals surface area contributed by atoms with Crippen LogP contribution in [0.15, 0.2) is 0 Å². The van der Waals surface area contributed by atoms with Crippen LogP contribution in [0.3, 0.4) is 0 Å². The zero-order valence-corrected chi connectivity index (χ0v) is 27.2. The smallest absolute Gasteiger partial charge is 0.325 e. The van der Waals surface area contributed by atoms with Crippen LogP contribution in [0.1, 0.15) is 117 Å². The molecular weight excluding hydrogens is 519 g/mol. The number of carbonyl (C=O) groups excluding carboxylic acids is 2. The second-order valence-corrected chi connectivity index (χ2v) is 12.8. The molecule has 234 valence electrons. The highest BCUT2D eigenvalue weighted by atomic mass is 31.2. The van der Waals surface area contributed by atoms with Gasteiger partial charge in [0.05, 0.1) is 34.9 Å². The molecule has 9 nitrogen and oxygen atoms in total. The molecule has 1 N–H and O–H groups in total. The van der Waals surface area contributed by atoms with Crippen LogP contribution in [0.4, 0.5) is 0 Å². The first-order valence-corrected chi connectivity index (χ1v) is 16.5. The van der Waals surface area contributed by atoms with Gasteiger partial charge in [-0.05, 0) is 20.4 Å². The van der Waals surface area contributed by atoms with Crippen LogP contribution >= 0.6 is 7.82 Å². The van der Waals surface area contributed by atoms with Crippen LogP contribution in [0, 0.1) is 0 Å². The Balaban J connectivity index is 0. The Hall–Kier alpha value is -0.830. The standard InChI is InChI=1S/C19H38O.C10H23N2O6P/c1-3-4-5-6-7-8-9-10-11-12-13-14-15-16-17-18-19(2)20;1-11-9(10(13)16-5)8-18-19(14,15)17-7-6-12(2,3)4/h3-18H2,1-2H3;9,11H,6-8H2,1-5H3/t;9-/m.1/s1. The van der Waals surface area contributed by atoms with Crippen LogP contribution in [0.5, 0.6) is 0 Å². The second kappa shape index (κ2) is 26.1. The Kier molecular flexibility index (Phi) is 27.0. The van der Waals surface area contributed by atoms with Gasteiger partial charge in [-0.2, -0.15) is 0 Å². The fraction of sp³-hybridized carbons (Fsp3) is 0.931. The third kappa shape index (κ3) is 31.6. The SMILES string of the molecule is CCCCCCCCCCCCCCCCCC(C)=O.CN[C@H](COP(=O)([O-])OCC[N+](C)(C)C)C(=O)OC. The van der Waals surface area contributed by atoms with Crippen molar-refractivity contribution in [2.45, 2.75) is 123 Å². The number of Topliss-reactive ketones (excluding diaryl/α,β-unsaturated/α-hetero) is 1. The molecule has 39 heavy (non-hydrogen) atoms. The predicted molar refractivity (Wildman–Crippen MR) is 158 cm³/mol. The molecule has 0 rings (SSSR count). The molecule has 1 unspecified atom stereocenters. The van der Waals surface area contributed by atoms with Crippen molar-refractivity contribution in [1.29, 1.82) is 0 Å². The van der Waals surface area contributed by atoms with E-state index in [2.05, 4.69) is 21.5 Å². The highest BCUT2D eigenvalue weighted by Gasteiger charge is 2.21. The summed E-state index contributed by atoms with van der Waals surface area (Å²) in [6, 6.07) is -0.853. The number of nitrogens with zero attached hydrogens (tertiary/aromatic N) is 1. The second-order valence-electron chi connectivity index (χ2n) is 11.4. The lowest BCUT2D eigenvalue weighted by molar-refractivity contribution is -0.870. The van der Waals surface area contributed by atoms with Gasteiger partial charge in [0.2, 0.25) is 0 Å².